The number of hydrogen-bond donors (Lipinski definition) is 1. The average Bonchev–Trinajstić information content (AvgIpc) is 2.52. The van der Waals surface area contributed by atoms with Crippen LogP contribution in [0.25, 0.3) is 10.8 Å². The van der Waals surface area contributed by atoms with Crippen LogP contribution in [0.3, 0.4) is 0 Å². The highest BCUT2D eigenvalue weighted by Crippen LogP contribution is 2.29. The number of fused-ring (bicyclic) bond motifs is 1. The predicted molar refractivity (Wildman–Crippen MR) is 82.7 cm³/mol. The summed E-state index contributed by atoms with van der Waals surface area (Å²) in [6.07, 6.45) is -4.29. The molecule has 0 spiro atoms. The molecule has 112 valence electrons. The summed E-state index contributed by atoms with van der Waals surface area (Å²) in [6, 6.07) is 19.3. The van der Waals surface area contributed by atoms with E-state index in [0.717, 1.165) is 23.1 Å². The molecule has 0 aliphatic rings. The number of benzene rings is 3. The second-order valence-corrected chi connectivity index (χ2v) is 5.11. The normalized spacial score (nSPS) is 11.6. The first kappa shape index (κ1) is 14.4. The van der Waals surface area contributed by atoms with Crippen LogP contribution in [-0.4, -0.2) is 0 Å². The Morgan fingerprint density at radius 1 is 0.773 bits per heavy atom. The Labute approximate surface area is 126 Å². The summed E-state index contributed by atoms with van der Waals surface area (Å²) < 4.78 is 37.5. The van der Waals surface area contributed by atoms with Crippen LogP contribution in [0, 0.1) is 0 Å². The summed E-state index contributed by atoms with van der Waals surface area (Å²) in [5.74, 6) is 0. The third-order valence-electron chi connectivity index (χ3n) is 3.52. The van der Waals surface area contributed by atoms with Gasteiger partial charge in [-0.1, -0.05) is 36.4 Å². The zero-order valence-corrected chi connectivity index (χ0v) is 11.7. The van der Waals surface area contributed by atoms with Gasteiger partial charge in [-0.05, 0) is 46.7 Å². The van der Waals surface area contributed by atoms with Gasteiger partial charge in [0, 0.05) is 12.2 Å². The van der Waals surface area contributed by atoms with Crippen molar-refractivity contribution in [2.75, 3.05) is 5.32 Å². The highest BCUT2D eigenvalue weighted by atomic mass is 19.4. The van der Waals surface area contributed by atoms with Crippen molar-refractivity contribution in [2.45, 2.75) is 12.7 Å². The fraction of sp³-hybridized carbons (Fsp3) is 0.111. The average molecular weight is 301 g/mol. The van der Waals surface area contributed by atoms with Crippen LogP contribution in [0.4, 0.5) is 18.9 Å². The number of alkyl halides is 3. The van der Waals surface area contributed by atoms with Crippen molar-refractivity contribution in [1.29, 1.82) is 0 Å². The van der Waals surface area contributed by atoms with E-state index >= 15 is 0 Å². The van der Waals surface area contributed by atoms with Gasteiger partial charge in [0.2, 0.25) is 0 Å². The molecule has 0 fully saturated rings. The van der Waals surface area contributed by atoms with Gasteiger partial charge in [0.1, 0.15) is 0 Å². The first-order valence-electron chi connectivity index (χ1n) is 6.91. The van der Waals surface area contributed by atoms with Gasteiger partial charge in [-0.25, -0.2) is 0 Å². The van der Waals surface area contributed by atoms with Gasteiger partial charge in [0.05, 0.1) is 5.56 Å². The molecule has 0 amide bonds. The minimum atomic E-state index is -4.29. The lowest BCUT2D eigenvalue weighted by molar-refractivity contribution is -0.137. The summed E-state index contributed by atoms with van der Waals surface area (Å²) in [7, 11) is 0. The zero-order chi connectivity index (χ0) is 15.6. The molecule has 3 aromatic carbocycles. The Bertz CT molecular complexity index is 776. The van der Waals surface area contributed by atoms with E-state index in [2.05, 4.69) is 11.4 Å². The number of nitrogens with one attached hydrogen (secondary N) is 1. The summed E-state index contributed by atoms with van der Waals surface area (Å²) in [6.45, 7) is 0.566. The molecule has 0 atom stereocenters. The van der Waals surface area contributed by atoms with E-state index in [1.54, 1.807) is 0 Å². The fourth-order valence-electron chi connectivity index (χ4n) is 2.33. The first-order valence-corrected chi connectivity index (χ1v) is 6.91. The molecule has 3 rings (SSSR count). The van der Waals surface area contributed by atoms with E-state index < -0.39 is 11.7 Å². The Balaban J connectivity index is 1.71. The molecule has 0 aliphatic heterocycles. The van der Waals surface area contributed by atoms with E-state index in [9.17, 15) is 13.2 Å². The summed E-state index contributed by atoms with van der Waals surface area (Å²) in [4.78, 5) is 0. The minimum absolute atomic E-state index is 0.566. The standard InChI is InChI=1S/C18H14F3N/c19-18(20,21)16-7-9-17(10-8-16)22-12-13-5-6-14-3-1-2-4-15(14)11-13/h1-11,22H,12H2. The number of anilines is 1. The molecular formula is C18H14F3N. The molecule has 4 heteroatoms. The van der Waals surface area contributed by atoms with E-state index in [1.165, 1.54) is 17.5 Å². The lowest BCUT2D eigenvalue weighted by Crippen LogP contribution is -2.05. The van der Waals surface area contributed by atoms with Crippen LogP contribution < -0.4 is 5.32 Å². The molecule has 1 nitrogen and oxygen atoms in total. The maximum atomic E-state index is 12.5. The third kappa shape index (κ3) is 3.22. The van der Waals surface area contributed by atoms with Gasteiger partial charge >= 0.3 is 6.18 Å². The van der Waals surface area contributed by atoms with Crippen molar-refractivity contribution in [3.05, 3.63) is 77.9 Å². The van der Waals surface area contributed by atoms with E-state index in [4.69, 9.17) is 0 Å². The molecule has 1 N–H and O–H groups in total. The molecule has 0 heterocycles. The number of halogens is 3. The molecule has 0 radical (unpaired) electrons. The Hall–Kier alpha value is -2.49. The molecule has 22 heavy (non-hydrogen) atoms. The van der Waals surface area contributed by atoms with Crippen LogP contribution in [-0.2, 0) is 12.7 Å². The maximum Gasteiger partial charge on any atom is 0.416 e. The topological polar surface area (TPSA) is 12.0 Å². The summed E-state index contributed by atoms with van der Waals surface area (Å²) >= 11 is 0. The van der Waals surface area contributed by atoms with Gasteiger partial charge in [-0.3, -0.25) is 0 Å². The zero-order valence-electron chi connectivity index (χ0n) is 11.7. The molecular weight excluding hydrogens is 287 g/mol. The smallest absolute Gasteiger partial charge is 0.381 e. The Morgan fingerprint density at radius 3 is 2.14 bits per heavy atom. The van der Waals surface area contributed by atoms with Gasteiger partial charge in [-0.2, -0.15) is 13.2 Å². The van der Waals surface area contributed by atoms with Crippen molar-refractivity contribution in [3.8, 4) is 0 Å². The Morgan fingerprint density at radius 2 is 1.45 bits per heavy atom. The highest BCUT2D eigenvalue weighted by molar-refractivity contribution is 5.83. The van der Waals surface area contributed by atoms with Gasteiger partial charge in [0.25, 0.3) is 0 Å². The van der Waals surface area contributed by atoms with Gasteiger partial charge in [-0.15, -0.1) is 0 Å². The van der Waals surface area contributed by atoms with Gasteiger partial charge < -0.3 is 5.32 Å². The van der Waals surface area contributed by atoms with Crippen molar-refractivity contribution in [3.63, 3.8) is 0 Å². The molecule has 0 unspecified atom stereocenters. The van der Waals surface area contributed by atoms with Crippen molar-refractivity contribution < 1.29 is 13.2 Å². The molecule has 0 saturated heterocycles. The van der Waals surface area contributed by atoms with Crippen LogP contribution >= 0.6 is 0 Å². The molecule has 0 aliphatic carbocycles. The molecule has 0 bridgehead atoms. The number of hydrogen-bond acceptors (Lipinski definition) is 1. The van der Waals surface area contributed by atoms with Crippen LogP contribution in [0.1, 0.15) is 11.1 Å². The first-order chi connectivity index (χ1) is 10.5. The van der Waals surface area contributed by atoms with Crippen LogP contribution in [0.2, 0.25) is 0 Å². The minimum Gasteiger partial charge on any atom is -0.381 e. The SMILES string of the molecule is FC(F)(F)c1ccc(NCc2ccc3ccccc3c2)cc1. The predicted octanol–water partition coefficient (Wildman–Crippen LogP) is 5.47. The van der Waals surface area contributed by atoms with Crippen molar-refractivity contribution >= 4 is 16.5 Å². The largest absolute Gasteiger partial charge is 0.416 e. The van der Waals surface area contributed by atoms with E-state index in [-0.39, 0.29) is 0 Å². The van der Waals surface area contributed by atoms with Crippen molar-refractivity contribution in [1.82, 2.24) is 0 Å². The lowest BCUT2D eigenvalue weighted by Gasteiger charge is -2.10. The summed E-state index contributed by atoms with van der Waals surface area (Å²) in [5, 5.41) is 5.45. The second-order valence-electron chi connectivity index (χ2n) is 5.11. The number of rotatable bonds is 3. The molecule has 3 aromatic rings. The van der Waals surface area contributed by atoms with E-state index in [0.29, 0.717) is 12.2 Å². The quantitative estimate of drug-likeness (QED) is 0.676. The maximum absolute atomic E-state index is 12.5. The van der Waals surface area contributed by atoms with Gasteiger partial charge in [0.15, 0.2) is 0 Å². The van der Waals surface area contributed by atoms with Crippen LogP contribution in [0.5, 0.6) is 0 Å². The fourth-order valence-corrected chi connectivity index (χ4v) is 2.33. The Kier molecular flexibility index (Phi) is 3.75. The lowest BCUT2D eigenvalue weighted by atomic mass is 10.1. The summed E-state index contributed by atoms with van der Waals surface area (Å²) in [5.41, 5.74) is 1.11. The monoisotopic (exact) mass is 301 g/mol. The highest BCUT2D eigenvalue weighted by Gasteiger charge is 2.29. The van der Waals surface area contributed by atoms with Crippen molar-refractivity contribution in [2.24, 2.45) is 0 Å². The van der Waals surface area contributed by atoms with E-state index in [1.807, 2.05) is 36.4 Å². The third-order valence-corrected chi connectivity index (χ3v) is 3.52. The second kappa shape index (κ2) is 5.72. The molecule has 0 saturated carbocycles. The van der Waals surface area contributed by atoms with Crippen LogP contribution in [0.15, 0.2) is 66.7 Å². The molecule has 0 aromatic heterocycles.